The summed E-state index contributed by atoms with van der Waals surface area (Å²) in [7, 11) is -2.65. The zero-order valence-electron chi connectivity index (χ0n) is 10.9. The molecule has 1 aromatic heterocycles. The van der Waals surface area contributed by atoms with Crippen LogP contribution in [0.5, 0.6) is 5.88 Å². The summed E-state index contributed by atoms with van der Waals surface area (Å²) in [5.74, 6) is -0.0499. The number of rotatable bonds is 4. The average molecular weight is 445 g/mol. The van der Waals surface area contributed by atoms with E-state index < -0.39 is 10.0 Å². The minimum absolute atomic E-state index is 0.0138. The third-order valence-electron chi connectivity index (χ3n) is 2.53. The predicted molar refractivity (Wildman–Crippen MR) is 92.9 cm³/mol. The Morgan fingerprint density at radius 2 is 2.14 bits per heavy atom. The number of sulfonamides is 1. The number of allylic oxidation sites excluding steroid dienone is 4. The maximum Gasteiger partial charge on any atom is 0.264 e. The molecule has 22 heavy (non-hydrogen) atoms. The molecule has 0 saturated carbocycles. The van der Waals surface area contributed by atoms with E-state index >= 15 is 0 Å². The van der Waals surface area contributed by atoms with E-state index in [1.54, 1.807) is 0 Å². The van der Waals surface area contributed by atoms with Crippen molar-refractivity contribution >= 4 is 72.1 Å². The van der Waals surface area contributed by atoms with Gasteiger partial charge in [0.05, 0.1) is 18.3 Å². The van der Waals surface area contributed by atoms with Gasteiger partial charge in [-0.1, -0.05) is 35.4 Å². The van der Waals surface area contributed by atoms with Crippen LogP contribution in [0.25, 0.3) is 0 Å². The minimum atomic E-state index is -3.99. The molecule has 11 heteroatoms. The molecular formula is C11H8BrCl2N3O3S2. The lowest BCUT2D eigenvalue weighted by molar-refractivity contribution is 0.397. The molecule has 1 aliphatic rings. The molecule has 0 unspecified atom stereocenters. The lowest BCUT2D eigenvalue weighted by Gasteiger charge is -2.16. The summed E-state index contributed by atoms with van der Waals surface area (Å²) in [6.07, 6.45) is 2.63. The van der Waals surface area contributed by atoms with E-state index in [2.05, 4.69) is 30.6 Å². The van der Waals surface area contributed by atoms with E-state index in [-0.39, 0.29) is 32.9 Å². The van der Waals surface area contributed by atoms with Crippen molar-refractivity contribution in [2.75, 3.05) is 11.8 Å². The van der Waals surface area contributed by atoms with Crippen LogP contribution in [0.1, 0.15) is 6.42 Å². The second-order valence-electron chi connectivity index (χ2n) is 4.02. The van der Waals surface area contributed by atoms with Gasteiger partial charge in [-0.2, -0.15) is 0 Å². The molecule has 1 aliphatic carbocycles. The van der Waals surface area contributed by atoms with Gasteiger partial charge in [-0.05, 0) is 22.0 Å². The fraction of sp³-hybridized carbons (Fsp3) is 0.182. The fourth-order valence-corrected chi connectivity index (χ4v) is 4.01. The highest BCUT2D eigenvalue weighted by Gasteiger charge is 2.28. The van der Waals surface area contributed by atoms with Gasteiger partial charge in [-0.25, -0.2) is 18.4 Å². The molecule has 0 aliphatic heterocycles. The average Bonchev–Trinajstić information content (AvgIpc) is 2.44. The second kappa shape index (κ2) is 6.79. The molecule has 0 fully saturated rings. The van der Waals surface area contributed by atoms with Crippen LogP contribution in [0.4, 0.5) is 5.82 Å². The lowest BCUT2D eigenvalue weighted by atomic mass is 10.2. The molecule has 1 N–H and O–H groups in total. The van der Waals surface area contributed by atoms with Gasteiger partial charge in [0.2, 0.25) is 5.82 Å². The van der Waals surface area contributed by atoms with Gasteiger partial charge < -0.3 is 4.74 Å². The number of methoxy groups -OCH3 is 1. The molecule has 0 aromatic carbocycles. The van der Waals surface area contributed by atoms with Crippen molar-refractivity contribution in [2.45, 2.75) is 6.42 Å². The van der Waals surface area contributed by atoms with E-state index in [1.807, 2.05) is 0 Å². The molecule has 0 amide bonds. The molecule has 0 saturated heterocycles. The van der Waals surface area contributed by atoms with Crippen LogP contribution in [-0.2, 0) is 10.0 Å². The maximum absolute atomic E-state index is 12.4. The standard InChI is InChI=1S/C11H8BrCl2N3O3S2/c1-20-11-10(15-4-9(12)16-11)17-22(18,19)8-3-6(14)5(13)2-7(8)21/h3-4H,2H2,1H3,(H,15,17). The monoisotopic (exact) mass is 443 g/mol. The van der Waals surface area contributed by atoms with Crippen LogP contribution < -0.4 is 9.46 Å². The van der Waals surface area contributed by atoms with Gasteiger partial charge >= 0.3 is 0 Å². The third-order valence-corrected chi connectivity index (χ3v) is 5.58. The van der Waals surface area contributed by atoms with Gasteiger partial charge in [-0.15, -0.1) is 0 Å². The number of thiocarbonyl (C=S) groups is 1. The van der Waals surface area contributed by atoms with Crippen LogP contribution in [0.2, 0.25) is 0 Å². The van der Waals surface area contributed by atoms with Crippen LogP contribution >= 0.6 is 51.3 Å². The first-order valence-electron chi connectivity index (χ1n) is 5.63. The van der Waals surface area contributed by atoms with Crippen molar-refractivity contribution in [3.05, 3.63) is 31.8 Å². The first kappa shape index (κ1) is 17.6. The van der Waals surface area contributed by atoms with Crippen LogP contribution in [0, 0.1) is 0 Å². The summed E-state index contributed by atoms with van der Waals surface area (Å²) in [6.45, 7) is 0. The van der Waals surface area contributed by atoms with Gasteiger partial charge in [-0.3, -0.25) is 4.72 Å². The van der Waals surface area contributed by atoms with Crippen LogP contribution in [0.3, 0.4) is 0 Å². The van der Waals surface area contributed by atoms with Crippen molar-refractivity contribution in [1.29, 1.82) is 0 Å². The number of hydrogen-bond acceptors (Lipinski definition) is 6. The van der Waals surface area contributed by atoms with Crippen LogP contribution in [0.15, 0.2) is 31.8 Å². The van der Waals surface area contributed by atoms with Crippen LogP contribution in [-0.4, -0.2) is 30.4 Å². The van der Waals surface area contributed by atoms with E-state index in [1.165, 1.54) is 19.4 Å². The van der Waals surface area contributed by atoms with Crippen molar-refractivity contribution in [3.8, 4) is 5.88 Å². The summed E-state index contributed by atoms with van der Waals surface area (Å²) < 4.78 is 32.5. The van der Waals surface area contributed by atoms with Gasteiger partial charge in [0.15, 0.2) is 0 Å². The summed E-state index contributed by atoms with van der Waals surface area (Å²) in [5, 5.41) is 0.427. The Hall–Kier alpha value is -0.740. The van der Waals surface area contributed by atoms with Gasteiger partial charge in [0.25, 0.3) is 15.9 Å². The normalized spacial score (nSPS) is 15.6. The number of nitrogens with zero attached hydrogens (tertiary/aromatic N) is 2. The van der Waals surface area contributed by atoms with Crippen molar-refractivity contribution < 1.29 is 13.2 Å². The zero-order chi connectivity index (χ0) is 16.5. The van der Waals surface area contributed by atoms with Crippen molar-refractivity contribution in [3.63, 3.8) is 0 Å². The fourth-order valence-electron chi connectivity index (χ4n) is 1.56. The number of halogens is 3. The molecule has 0 radical (unpaired) electrons. The van der Waals surface area contributed by atoms with E-state index in [0.717, 1.165) is 0 Å². The highest BCUT2D eigenvalue weighted by molar-refractivity contribution is 9.10. The summed E-state index contributed by atoms with van der Waals surface area (Å²) in [5.41, 5.74) is 0. The predicted octanol–water partition coefficient (Wildman–Crippen LogP) is 3.34. The zero-order valence-corrected chi connectivity index (χ0v) is 15.7. The smallest absolute Gasteiger partial charge is 0.264 e. The van der Waals surface area contributed by atoms with E-state index in [9.17, 15) is 8.42 Å². The Morgan fingerprint density at radius 1 is 1.45 bits per heavy atom. The lowest BCUT2D eigenvalue weighted by Crippen LogP contribution is -2.22. The highest BCUT2D eigenvalue weighted by Crippen LogP contribution is 2.31. The Labute approximate surface area is 150 Å². The first-order chi connectivity index (χ1) is 10.2. The molecule has 0 atom stereocenters. The summed E-state index contributed by atoms with van der Waals surface area (Å²) in [4.78, 5) is 7.91. The number of hydrogen-bond donors (Lipinski definition) is 1. The maximum atomic E-state index is 12.4. The quantitative estimate of drug-likeness (QED) is 0.717. The SMILES string of the molecule is COc1nc(Br)cnc1NS(=O)(=O)C1=CC(Cl)=C(Cl)CC1=S. The summed E-state index contributed by atoms with van der Waals surface area (Å²) in [6, 6.07) is 0. The van der Waals surface area contributed by atoms with E-state index in [4.69, 9.17) is 40.2 Å². The molecule has 118 valence electrons. The Bertz CT molecular complexity index is 809. The van der Waals surface area contributed by atoms with Crippen molar-refractivity contribution in [2.24, 2.45) is 0 Å². The molecular weight excluding hydrogens is 437 g/mol. The Kier molecular flexibility index (Phi) is 5.44. The second-order valence-corrected chi connectivity index (χ2v) is 7.84. The molecule has 0 spiro atoms. The van der Waals surface area contributed by atoms with Gasteiger partial charge in [0.1, 0.15) is 9.51 Å². The van der Waals surface area contributed by atoms with Gasteiger partial charge in [0, 0.05) is 16.3 Å². The highest BCUT2D eigenvalue weighted by atomic mass is 79.9. The molecule has 0 bridgehead atoms. The molecule has 1 heterocycles. The molecule has 2 rings (SSSR count). The largest absolute Gasteiger partial charge is 0.478 e. The minimum Gasteiger partial charge on any atom is -0.478 e. The summed E-state index contributed by atoms with van der Waals surface area (Å²) >= 11 is 19.9. The number of aromatic nitrogens is 2. The number of nitrogens with one attached hydrogen (secondary N) is 1. The Morgan fingerprint density at radius 3 is 2.77 bits per heavy atom. The molecule has 1 aromatic rings. The van der Waals surface area contributed by atoms with Crippen molar-refractivity contribution in [1.82, 2.24) is 9.97 Å². The number of anilines is 1. The number of ether oxygens (including phenoxy) is 1. The van der Waals surface area contributed by atoms with E-state index in [0.29, 0.717) is 9.64 Å². The topological polar surface area (TPSA) is 81.2 Å². The first-order valence-corrected chi connectivity index (χ1v) is 9.07. The Balaban J connectivity index is 2.41. The third kappa shape index (κ3) is 3.77. The molecule has 6 nitrogen and oxygen atoms in total.